The standard InChI is InChI=1S/C12H16ClN3O2S2/c1-12(2)4-3-8(7-12)15-20(17,18)10-9(13)14-11-16(10)5-6-19-11/h5-6,8,15H,3-4,7H2,1-2H3. The number of nitrogens with zero attached hydrogens (tertiary/aromatic N) is 2. The second-order valence-electron chi connectivity index (χ2n) is 5.99. The molecule has 8 heteroatoms. The van der Waals surface area contributed by atoms with Gasteiger partial charge in [-0.2, -0.15) is 0 Å². The Bertz CT molecular complexity index is 748. The molecule has 110 valence electrons. The first-order valence-corrected chi connectivity index (χ1v) is 9.16. The lowest BCUT2D eigenvalue weighted by Gasteiger charge is -2.17. The van der Waals surface area contributed by atoms with E-state index in [1.54, 1.807) is 11.6 Å². The fraction of sp³-hybridized carbons (Fsp3) is 0.583. The topological polar surface area (TPSA) is 63.5 Å². The summed E-state index contributed by atoms with van der Waals surface area (Å²) in [5, 5.41) is 1.86. The summed E-state index contributed by atoms with van der Waals surface area (Å²) in [6, 6.07) is -0.0322. The minimum atomic E-state index is -3.65. The molecule has 1 N–H and O–H groups in total. The number of hydrogen-bond acceptors (Lipinski definition) is 4. The molecule has 20 heavy (non-hydrogen) atoms. The lowest BCUT2D eigenvalue weighted by Crippen LogP contribution is -2.34. The lowest BCUT2D eigenvalue weighted by molar-refractivity contribution is 0.372. The zero-order chi connectivity index (χ0) is 14.5. The largest absolute Gasteiger partial charge is 0.279 e. The number of aromatic nitrogens is 2. The van der Waals surface area contributed by atoms with Gasteiger partial charge in [0.1, 0.15) is 0 Å². The first kappa shape index (κ1) is 14.3. The first-order valence-electron chi connectivity index (χ1n) is 6.42. The highest BCUT2D eigenvalue weighted by molar-refractivity contribution is 7.89. The monoisotopic (exact) mass is 333 g/mol. The van der Waals surface area contributed by atoms with E-state index in [0.717, 1.165) is 19.3 Å². The van der Waals surface area contributed by atoms with E-state index in [1.807, 2.05) is 0 Å². The summed E-state index contributed by atoms with van der Waals surface area (Å²) in [5.41, 5.74) is 0.187. The van der Waals surface area contributed by atoms with Crippen molar-refractivity contribution in [2.75, 3.05) is 0 Å². The number of sulfonamides is 1. The van der Waals surface area contributed by atoms with Gasteiger partial charge in [-0.25, -0.2) is 18.1 Å². The van der Waals surface area contributed by atoms with Gasteiger partial charge in [0.25, 0.3) is 10.0 Å². The summed E-state index contributed by atoms with van der Waals surface area (Å²) in [6.07, 6.45) is 4.39. The van der Waals surface area contributed by atoms with Gasteiger partial charge in [-0.05, 0) is 24.7 Å². The molecule has 1 aliphatic carbocycles. The fourth-order valence-electron chi connectivity index (χ4n) is 2.79. The Kier molecular flexibility index (Phi) is 3.36. The Morgan fingerprint density at radius 3 is 2.95 bits per heavy atom. The van der Waals surface area contributed by atoms with E-state index < -0.39 is 10.0 Å². The van der Waals surface area contributed by atoms with Crippen molar-refractivity contribution in [3.63, 3.8) is 0 Å². The molecular weight excluding hydrogens is 318 g/mol. The van der Waals surface area contributed by atoms with Crippen LogP contribution in [0.25, 0.3) is 4.96 Å². The molecule has 3 rings (SSSR count). The third-order valence-corrected chi connectivity index (χ3v) is 6.40. The highest BCUT2D eigenvalue weighted by Crippen LogP contribution is 2.37. The molecule has 2 heterocycles. The lowest BCUT2D eigenvalue weighted by atomic mass is 9.92. The van der Waals surface area contributed by atoms with Crippen LogP contribution in [0.2, 0.25) is 5.15 Å². The number of hydrogen-bond donors (Lipinski definition) is 1. The number of imidazole rings is 1. The number of thiazole rings is 1. The number of fused-ring (bicyclic) bond motifs is 1. The molecule has 5 nitrogen and oxygen atoms in total. The van der Waals surface area contributed by atoms with Crippen LogP contribution in [-0.2, 0) is 10.0 Å². The summed E-state index contributed by atoms with van der Waals surface area (Å²) >= 11 is 7.35. The fourth-order valence-corrected chi connectivity index (χ4v) is 5.51. The predicted molar refractivity (Wildman–Crippen MR) is 79.8 cm³/mol. The van der Waals surface area contributed by atoms with Crippen LogP contribution in [0.15, 0.2) is 16.6 Å². The van der Waals surface area contributed by atoms with Gasteiger partial charge in [0.2, 0.25) is 0 Å². The van der Waals surface area contributed by atoms with Crippen LogP contribution in [0, 0.1) is 5.41 Å². The molecule has 2 aromatic rings. The third kappa shape index (κ3) is 2.47. The zero-order valence-corrected chi connectivity index (χ0v) is 13.6. The zero-order valence-electron chi connectivity index (χ0n) is 11.3. The van der Waals surface area contributed by atoms with Crippen molar-refractivity contribution in [3.8, 4) is 0 Å². The molecule has 1 atom stereocenters. The van der Waals surface area contributed by atoms with Crippen LogP contribution >= 0.6 is 22.9 Å². The number of rotatable bonds is 3. The highest BCUT2D eigenvalue weighted by atomic mass is 35.5. The molecule has 2 aromatic heterocycles. The van der Waals surface area contributed by atoms with E-state index in [4.69, 9.17) is 11.6 Å². The van der Waals surface area contributed by atoms with Crippen LogP contribution in [0.1, 0.15) is 33.1 Å². The predicted octanol–water partition coefficient (Wildman–Crippen LogP) is 2.91. The maximum Gasteiger partial charge on any atom is 0.260 e. The maximum atomic E-state index is 12.5. The van der Waals surface area contributed by atoms with Gasteiger partial charge in [-0.15, -0.1) is 11.3 Å². The Hall–Kier alpha value is -0.630. The molecule has 0 spiro atoms. The van der Waals surface area contributed by atoms with Crippen molar-refractivity contribution >= 4 is 37.9 Å². The van der Waals surface area contributed by atoms with E-state index in [1.165, 1.54) is 15.7 Å². The molecule has 0 amide bonds. The second kappa shape index (κ2) is 4.69. The molecule has 0 bridgehead atoms. The molecule has 0 aromatic carbocycles. The third-order valence-electron chi connectivity index (χ3n) is 3.72. The van der Waals surface area contributed by atoms with Crippen molar-refractivity contribution in [2.45, 2.75) is 44.2 Å². The van der Waals surface area contributed by atoms with E-state index in [-0.39, 0.29) is 21.6 Å². The number of halogens is 1. The van der Waals surface area contributed by atoms with Gasteiger partial charge >= 0.3 is 0 Å². The minimum absolute atomic E-state index is 0.0293. The highest BCUT2D eigenvalue weighted by Gasteiger charge is 2.35. The molecule has 1 saturated carbocycles. The number of nitrogens with one attached hydrogen (secondary N) is 1. The van der Waals surface area contributed by atoms with Gasteiger partial charge < -0.3 is 0 Å². The Morgan fingerprint density at radius 2 is 2.30 bits per heavy atom. The van der Waals surface area contributed by atoms with E-state index >= 15 is 0 Å². The summed E-state index contributed by atoms with van der Waals surface area (Å²) in [4.78, 5) is 4.66. The molecular formula is C12H16ClN3O2S2. The van der Waals surface area contributed by atoms with Gasteiger partial charge in [0.05, 0.1) is 0 Å². The van der Waals surface area contributed by atoms with Crippen molar-refractivity contribution in [1.82, 2.24) is 14.1 Å². The van der Waals surface area contributed by atoms with E-state index in [2.05, 4.69) is 23.6 Å². The van der Waals surface area contributed by atoms with Crippen LogP contribution in [0.5, 0.6) is 0 Å². The van der Waals surface area contributed by atoms with Crippen molar-refractivity contribution in [1.29, 1.82) is 0 Å². The normalized spacial score (nSPS) is 22.6. The quantitative estimate of drug-likeness (QED) is 0.939. The molecule has 0 radical (unpaired) electrons. The molecule has 1 unspecified atom stereocenters. The van der Waals surface area contributed by atoms with Crippen molar-refractivity contribution in [3.05, 3.63) is 16.7 Å². The smallest absolute Gasteiger partial charge is 0.260 e. The Balaban J connectivity index is 1.92. The van der Waals surface area contributed by atoms with Crippen LogP contribution in [0.3, 0.4) is 0 Å². The SMILES string of the molecule is CC1(C)CCC(NS(=O)(=O)c2c(Cl)nc3sccn23)C1. The maximum absolute atomic E-state index is 12.5. The van der Waals surface area contributed by atoms with Crippen LogP contribution in [-0.4, -0.2) is 23.8 Å². The van der Waals surface area contributed by atoms with E-state index in [0.29, 0.717) is 4.96 Å². The summed E-state index contributed by atoms with van der Waals surface area (Å²) < 4.78 is 29.4. The van der Waals surface area contributed by atoms with Crippen LogP contribution < -0.4 is 4.72 Å². The van der Waals surface area contributed by atoms with Crippen molar-refractivity contribution < 1.29 is 8.42 Å². The second-order valence-corrected chi connectivity index (χ2v) is 8.85. The van der Waals surface area contributed by atoms with Crippen LogP contribution in [0.4, 0.5) is 0 Å². The molecule has 0 aliphatic heterocycles. The van der Waals surface area contributed by atoms with Crippen molar-refractivity contribution in [2.24, 2.45) is 5.41 Å². The van der Waals surface area contributed by atoms with Gasteiger partial charge in [-0.1, -0.05) is 25.4 Å². The molecule has 1 aliphatic rings. The average Bonchev–Trinajstić information content (AvgIpc) is 2.91. The van der Waals surface area contributed by atoms with Gasteiger partial charge in [-0.3, -0.25) is 4.40 Å². The minimum Gasteiger partial charge on any atom is -0.279 e. The average molecular weight is 334 g/mol. The van der Waals surface area contributed by atoms with Gasteiger partial charge in [0, 0.05) is 17.6 Å². The summed E-state index contributed by atoms with van der Waals surface area (Å²) in [7, 11) is -3.65. The van der Waals surface area contributed by atoms with Gasteiger partial charge in [0.15, 0.2) is 15.1 Å². The summed E-state index contributed by atoms with van der Waals surface area (Å²) in [5.74, 6) is 0. The Labute approximate surface area is 127 Å². The van der Waals surface area contributed by atoms with E-state index in [9.17, 15) is 8.42 Å². The Morgan fingerprint density at radius 1 is 1.55 bits per heavy atom. The molecule has 1 fully saturated rings. The summed E-state index contributed by atoms with van der Waals surface area (Å²) in [6.45, 7) is 4.31. The first-order chi connectivity index (χ1) is 9.28. The molecule has 0 saturated heterocycles.